The Bertz CT molecular complexity index is 508. The fourth-order valence-corrected chi connectivity index (χ4v) is 1.72. The number of rotatable bonds is 4. The lowest BCUT2D eigenvalue weighted by molar-refractivity contribution is 0.826. The van der Waals surface area contributed by atoms with Crippen LogP contribution in [0.15, 0.2) is 22.9 Å². The van der Waals surface area contributed by atoms with E-state index in [0.29, 0.717) is 0 Å². The minimum absolute atomic E-state index is 0.729. The van der Waals surface area contributed by atoms with Gasteiger partial charge in [0, 0.05) is 18.8 Å². The first-order valence-electron chi connectivity index (χ1n) is 5.49. The maximum atomic E-state index is 4.35. The molecule has 1 N–H and O–H groups in total. The highest BCUT2D eigenvalue weighted by atomic mass is 79.9. The Balaban J connectivity index is 2.31. The van der Waals surface area contributed by atoms with Crippen LogP contribution >= 0.6 is 15.9 Å². The average molecular weight is 296 g/mol. The molecule has 0 aliphatic rings. The molecule has 0 spiro atoms. The van der Waals surface area contributed by atoms with E-state index in [1.165, 1.54) is 0 Å². The summed E-state index contributed by atoms with van der Waals surface area (Å²) in [5.74, 6) is 2.33. The molecule has 2 aromatic heterocycles. The SMILES string of the molecule is CCCNc1cc(-n2cc(Br)cn2)nc(C)n1. The second-order valence-corrected chi connectivity index (χ2v) is 4.60. The summed E-state index contributed by atoms with van der Waals surface area (Å²) in [6.07, 6.45) is 4.66. The van der Waals surface area contributed by atoms with E-state index in [4.69, 9.17) is 0 Å². The van der Waals surface area contributed by atoms with Crippen molar-refractivity contribution in [1.29, 1.82) is 0 Å². The number of hydrogen-bond donors (Lipinski definition) is 1. The van der Waals surface area contributed by atoms with Crippen molar-refractivity contribution in [1.82, 2.24) is 19.7 Å². The Morgan fingerprint density at radius 1 is 1.41 bits per heavy atom. The average Bonchev–Trinajstić information content (AvgIpc) is 2.72. The van der Waals surface area contributed by atoms with Gasteiger partial charge in [-0.15, -0.1) is 0 Å². The Morgan fingerprint density at radius 2 is 2.24 bits per heavy atom. The number of aromatic nitrogens is 4. The molecule has 0 bridgehead atoms. The van der Waals surface area contributed by atoms with Crippen molar-refractivity contribution >= 4 is 21.7 Å². The molecule has 0 aromatic carbocycles. The Hall–Kier alpha value is -1.43. The summed E-state index contributed by atoms with van der Waals surface area (Å²) in [5.41, 5.74) is 0. The summed E-state index contributed by atoms with van der Waals surface area (Å²) in [4.78, 5) is 8.68. The number of hydrogen-bond acceptors (Lipinski definition) is 4. The van der Waals surface area contributed by atoms with Crippen LogP contribution in [0, 0.1) is 6.92 Å². The zero-order valence-electron chi connectivity index (χ0n) is 9.81. The monoisotopic (exact) mass is 295 g/mol. The van der Waals surface area contributed by atoms with Crippen molar-refractivity contribution in [3.05, 3.63) is 28.8 Å². The van der Waals surface area contributed by atoms with Gasteiger partial charge in [0.2, 0.25) is 0 Å². The third-order valence-electron chi connectivity index (χ3n) is 2.17. The molecule has 2 aromatic rings. The molecule has 0 aliphatic carbocycles. The smallest absolute Gasteiger partial charge is 0.159 e. The van der Waals surface area contributed by atoms with Gasteiger partial charge in [0.1, 0.15) is 11.6 Å². The molecule has 0 radical (unpaired) electrons. The highest BCUT2D eigenvalue weighted by molar-refractivity contribution is 9.10. The van der Waals surface area contributed by atoms with Gasteiger partial charge in [-0.05, 0) is 29.3 Å². The lowest BCUT2D eigenvalue weighted by Crippen LogP contribution is -2.07. The predicted molar refractivity (Wildman–Crippen MR) is 70.4 cm³/mol. The van der Waals surface area contributed by atoms with Crippen molar-refractivity contribution in [2.45, 2.75) is 20.3 Å². The molecule has 2 heterocycles. The van der Waals surface area contributed by atoms with Crippen LogP contribution < -0.4 is 5.32 Å². The highest BCUT2D eigenvalue weighted by Crippen LogP contribution is 2.13. The maximum absolute atomic E-state index is 4.35. The molecule has 5 nitrogen and oxygen atoms in total. The van der Waals surface area contributed by atoms with Crippen molar-refractivity contribution in [2.75, 3.05) is 11.9 Å². The van der Waals surface area contributed by atoms with E-state index in [9.17, 15) is 0 Å². The fourth-order valence-electron chi connectivity index (χ4n) is 1.44. The third kappa shape index (κ3) is 3.03. The summed E-state index contributed by atoms with van der Waals surface area (Å²) in [7, 11) is 0. The van der Waals surface area contributed by atoms with Gasteiger partial charge < -0.3 is 5.32 Å². The molecule has 0 aliphatic heterocycles. The van der Waals surface area contributed by atoms with E-state index in [1.807, 2.05) is 19.2 Å². The Kier molecular flexibility index (Phi) is 3.73. The van der Waals surface area contributed by atoms with Gasteiger partial charge in [-0.1, -0.05) is 6.92 Å². The van der Waals surface area contributed by atoms with Crippen molar-refractivity contribution in [3.8, 4) is 5.82 Å². The lowest BCUT2D eigenvalue weighted by Gasteiger charge is -2.07. The van der Waals surface area contributed by atoms with E-state index in [2.05, 4.69) is 43.2 Å². The molecule has 0 saturated heterocycles. The van der Waals surface area contributed by atoms with E-state index in [1.54, 1.807) is 10.9 Å². The van der Waals surface area contributed by atoms with Crippen LogP contribution in [0.3, 0.4) is 0 Å². The molecule has 0 fully saturated rings. The van der Waals surface area contributed by atoms with E-state index in [0.717, 1.165) is 34.9 Å². The molecule has 2 rings (SSSR count). The fraction of sp³-hybridized carbons (Fsp3) is 0.364. The summed E-state index contributed by atoms with van der Waals surface area (Å²) >= 11 is 3.37. The third-order valence-corrected chi connectivity index (χ3v) is 2.58. The summed E-state index contributed by atoms with van der Waals surface area (Å²) in [6, 6.07) is 1.89. The first kappa shape index (κ1) is 12.0. The minimum Gasteiger partial charge on any atom is -0.370 e. The Morgan fingerprint density at radius 3 is 2.88 bits per heavy atom. The van der Waals surface area contributed by atoms with Gasteiger partial charge in [-0.3, -0.25) is 0 Å². The zero-order valence-corrected chi connectivity index (χ0v) is 11.4. The van der Waals surface area contributed by atoms with Crippen molar-refractivity contribution in [2.24, 2.45) is 0 Å². The molecular formula is C11H14BrN5. The number of halogens is 1. The van der Waals surface area contributed by atoms with Gasteiger partial charge in [0.15, 0.2) is 5.82 Å². The molecular weight excluding hydrogens is 282 g/mol. The number of nitrogens with one attached hydrogen (secondary N) is 1. The zero-order chi connectivity index (χ0) is 12.3. The molecule has 17 heavy (non-hydrogen) atoms. The van der Waals surface area contributed by atoms with Crippen LogP contribution in [0.5, 0.6) is 0 Å². The number of anilines is 1. The molecule has 6 heteroatoms. The molecule has 90 valence electrons. The van der Waals surface area contributed by atoms with Crippen LogP contribution in [0.4, 0.5) is 5.82 Å². The molecule has 0 unspecified atom stereocenters. The summed E-state index contributed by atoms with van der Waals surface area (Å²) in [6.45, 7) is 4.89. The van der Waals surface area contributed by atoms with E-state index < -0.39 is 0 Å². The summed E-state index contributed by atoms with van der Waals surface area (Å²) in [5, 5.41) is 7.45. The van der Waals surface area contributed by atoms with E-state index >= 15 is 0 Å². The van der Waals surface area contributed by atoms with Crippen LogP contribution in [-0.4, -0.2) is 26.3 Å². The van der Waals surface area contributed by atoms with Gasteiger partial charge >= 0.3 is 0 Å². The lowest BCUT2D eigenvalue weighted by atomic mass is 10.4. The second kappa shape index (κ2) is 5.27. The van der Waals surface area contributed by atoms with E-state index in [-0.39, 0.29) is 0 Å². The maximum Gasteiger partial charge on any atom is 0.159 e. The van der Waals surface area contributed by atoms with Crippen LogP contribution in [0.1, 0.15) is 19.2 Å². The van der Waals surface area contributed by atoms with Gasteiger partial charge in [0.05, 0.1) is 10.7 Å². The molecule has 0 saturated carbocycles. The van der Waals surface area contributed by atoms with Crippen LogP contribution in [0.25, 0.3) is 5.82 Å². The first-order chi connectivity index (χ1) is 8.19. The van der Waals surface area contributed by atoms with Crippen LogP contribution in [0.2, 0.25) is 0 Å². The standard InChI is InChI=1S/C11H14BrN5/c1-3-4-13-10-5-11(16-8(2)15-10)17-7-9(12)6-14-17/h5-7H,3-4H2,1-2H3,(H,13,15,16). The van der Waals surface area contributed by atoms with Crippen molar-refractivity contribution < 1.29 is 0 Å². The number of nitrogens with zero attached hydrogens (tertiary/aromatic N) is 4. The summed E-state index contributed by atoms with van der Waals surface area (Å²) < 4.78 is 2.65. The van der Waals surface area contributed by atoms with Crippen molar-refractivity contribution in [3.63, 3.8) is 0 Å². The minimum atomic E-state index is 0.729. The highest BCUT2D eigenvalue weighted by Gasteiger charge is 2.04. The van der Waals surface area contributed by atoms with Gasteiger partial charge in [-0.2, -0.15) is 5.10 Å². The largest absolute Gasteiger partial charge is 0.370 e. The molecule has 0 atom stereocenters. The van der Waals surface area contributed by atoms with Gasteiger partial charge in [0.25, 0.3) is 0 Å². The first-order valence-corrected chi connectivity index (χ1v) is 6.28. The predicted octanol–water partition coefficient (Wildman–Crippen LogP) is 2.56. The molecule has 0 amide bonds. The quantitative estimate of drug-likeness (QED) is 0.942. The number of aryl methyl sites for hydroxylation is 1. The normalized spacial score (nSPS) is 10.5. The van der Waals surface area contributed by atoms with Crippen LogP contribution in [-0.2, 0) is 0 Å². The second-order valence-electron chi connectivity index (χ2n) is 3.69. The topological polar surface area (TPSA) is 55.6 Å². The Labute approximate surface area is 108 Å². The van der Waals surface area contributed by atoms with Gasteiger partial charge in [-0.25, -0.2) is 14.6 Å².